The van der Waals surface area contributed by atoms with Gasteiger partial charge < -0.3 is 9.80 Å². The van der Waals surface area contributed by atoms with Gasteiger partial charge in [-0.2, -0.15) is 0 Å². The van der Waals surface area contributed by atoms with E-state index in [1.165, 1.54) is 55.9 Å². The molecule has 4 aromatic rings. The van der Waals surface area contributed by atoms with Crippen molar-refractivity contribution < 1.29 is 0 Å². The zero-order valence-corrected chi connectivity index (χ0v) is 28.1. The molecule has 1 atom stereocenters. The normalized spacial score (nSPS) is 13.9. The summed E-state index contributed by atoms with van der Waals surface area (Å²) in [5.74, 6) is 0.583. The molecular weight excluding hydrogens is 546 g/mol. The third-order valence-corrected chi connectivity index (χ3v) is 9.33. The second kappa shape index (κ2) is 15.1. The van der Waals surface area contributed by atoms with Crippen molar-refractivity contribution in [2.45, 2.75) is 60.4 Å². The zero-order valence-electron chi connectivity index (χ0n) is 28.1. The van der Waals surface area contributed by atoms with E-state index in [0.29, 0.717) is 12.5 Å². The lowest BCUT2D eigenvalue weighted by atomic mass is 9.83. The molecule has 0 aliphatic heterocycles. The zero-order chi connectivity index (χ0) is 31.8. The van der Waals surface area contributed by atoms with Gasteiger partial charge in [0.2, 0.25) is 0 Å². The fraction of sp³-hybridized carbons (Fsp3) is 0.310. The molecule has 1 unspecified atom stereocenters. The summed E-state index contributed by atoms with van der Waals surface area (Å²) in [6.45, 7) is 18.0. The number of anilines is 2. The fourth-order valence-electron chi connectivity index (χ4n) is 6.34. The Morgan fingerprint density at radius 3 is 1.60 bits per heavy atom. The van der Waals surface area contributed by atoms with Crippen LogP contribution < -0.4 is 9.80 Å². The molecule has 0 radical (unpaired) electrons. The van der Waals surface area contributed by atoms with Crippen molar-refractivity contribution in [3.05, 3.63) is 143 Å². The molecule has 4 aromatic carbocycles. The van der Waals surface area contributed by atoms with Crippen LogP contribution in [0.5, 0.6) is 0 Å². The highest BCUT2D eigenvalue weighted by molar-refractivity contribution is 6.19. The van der Waals surface area contributed by atoms with Gasteiger partial charge in [-0.3, -0.25) is 4.99 Å². The van der Waals surface area contributed by atoms with Gasteiger partial charge in [0.1, 0.15) is 0 Å². The van der Waals surface area contributed by atoms with E-state index in [0.717, 1.165) is 38.3 Å². The molecule has 5 rings (SSSR count). The Labute approximate surface area is 271 Å². The van der Waals surface area contributed by atoms with Gasteiger partial charge in [-0.25, -0.2) is 0 Å². The molecule has 1 aliphatic rings. The Hall–Kier alpha value is -4.37. The number of aliphatic imine (C=N–C) groups is 1. The van der Waals surface area contributed by atoms with E-state index in [1.54, 1.807) is 0 Å². The van der Waals surface area contributed by atoms with Gasteiger partial charge in [0.05, 0.1) is 12.3 Å². The Bertz CT molecular complexity index is 1570. The quantitative estimate of drug-likeness (QED) is 0.162. The van der Waals surface area contributed by atoms with Gasteiger partial charge in [0.25, 0.3) is 0 Å². The van der Waals surface area contributed by atoms with Crippen LogP contribution >= 0.6 is 0 Å². The van der Waals surface area contributed by atoms with Crippen molar-refractivity contribution in [2.75, 3.05) is 36.0 Å². The van der Waals surface area contributed by atoms with Crippen LogP contribution in [0.25, 0.3) is 11.1 Å². The molecule has 0 fully saturated rings. The maximum Gasteiger partial charge on any atom is 0.0657 e. The first-order valence-electron chi connectivity index (χ1n) is 16.9. The van der Waals surface area contributed by atoms with E-state index in [2.05, 4.69) is 161 Å². The Morgan fingerprint density at radius 1 is 0.600 bits per heavy atom. The van der Waals surface area contributed by atoms with Crippen molar-refractivity contribution in [1.82, 2.24) is 0 Å². The SMILES string of the molecule is CCC(C)c1ccc(CN=C2C=CC(=C(c3ccc(N(CC)CC)cc3)c3ccc(N(CC)CC)cc3)c3ccccc32)cc1. The van der Waals surface area contributed by atoms with Crippen LogP contribution in [-0.2, 0) is 6.54 Å². The van der Waals surface area contributed by atoms with Gasteiger partial charge in [-0.05, 0) is 109 Å². The molecule has 3 heteroatoms. The molecule has 0 saturated heterocycles. The highest BCUT2D eigenvalue weighted by Crippen LogP contribution is 2.38. The highest BCUT2D eigenvalue weighted by atomic mass is 15.1. The summed E-state index contributed by atoms with van der Waals surface area (Å²) in [4.78, 5) is 9.91. The molecule has 0 amide bonds. The minimum atomic E-state index is 0.583. The summed E-state index contributed by atoms with van der Waals surface area (Å²) in [5.41, 5.74) is 13.5. The second-order valence-corrected chi connectivity index (χ2v) is 11.9. The topological polar surface area (TPSA) is 18.8 Å². The van der Waals surface area contributed by atoms with Crippen LogP contribution in [0, 0.1) is 0 Å². The van der Waals surface area contributed by atoms with Crippen molar-refractivity contribution in [2.24, 2.45) is 4.99 Å². The first-order valence-corrected chi connectivity index (χ1v) is 16.9. The average Bonchev–Trinajstić information content (AvgIpc) is 3.10. The standard InChI is InChI=1S/C42H49N3/c1-7-31(6)33-18-16-32(17-19-33)30-43-41-29-28-40(38-14-12-13-15-39(38)41)42(34-20-24-36(25-21-34)44(8-2)9-3)35-22-26-37(27-23-35)45(10-4)11-5/h12-29,31H,7-11,30H2,1-6H3. The van der Waals surface area contributed by atoms with E-state index < -0.39 is 0 Å². The Balaban J connectivity index is 1.58. The molecule has 0 heterocycles. The molecule has 0 aromatic heterocycles. The van der Waals surface area contributed by atoms with Crippen LogP contribution in [0.1, 0.15) is 87.3 Å². The van der Waals surface area contributed by atoms with Crippen LogP contribution in [-0.4, -0.2) is 31.9 Å². The lowest BCUT2D eigenvalue weighted by Gasteiger charge is -2.24. The molecule has 0 bridgehead atoms. The van der Waals surface area contributed by atoms with Crippen LogP contribution in [0.3, 0.4) is 0 Å². The molecule has 232 valence electrons. The number of benzene rings is 4. The Kier molecular flexibility index (Phi) is 10.7. The maximum atomic E-state index is 5.12. The summed E-state index contributed by atoms with van der Waals surface area (Å²) in [6.07, 6.45) is 5.64. The summed E-state index contributed by atoms with van der Waals surface area (Å²) in [7, 11) is 0. The average molecular weight is 596 g/mol. The van der Waals surface area contributed by atoms with Crippen molar-refractivity contribution >= 4 is 28.2 Å². The summed E-state index contributed by atoms with van der Waals surface area (Å²) >= 11 is 0. The fourth-order valence-corrected chi connectivity index (χ4v) is 6.34. The van der Waals surface area contributed by atoms with Gasteiger partial charge in [0, 0.05) is 43.1 Å². The third kappa shape index (κ3) is 7.14. The number of allylic oxidation sites excluding steroid dienone is 3. The second-order valence-electron chi connectivity index (χ2n) is 11.9. The molecule has 45 heavy (non-hydrogen) atoms. The van der Waals surface area contributed by atoms with E-state index in [1.807, 2.05) is 0 Å². The van der Waals surface area contributed by atoms with Crippen molar-refractivity contribution in [1.29, 1.82) is 0 Å². The summed E-state index contributed by atoms with van der Waals surface area (Å²) in [5, 5.41) is 0. The number of nitrogens with zero attached hydrogens (tertiary/aromatic N) is 3. The smallest absolute Gasteiger partial charge is 0.0657 e. The minimum absolute atomic E-state index is 0.583. The van der Waals surface area contributed by atoms with E-state index >= 15 is 0 Å². The van der Waals surface area contributed by atoms with Crippen LogP contribution in [0.4, 0.5) is 11.4 Å². The number of hydrogen-bond donors (Lipinski definition) is 0. The molecular formula is C42H49N3. The lowest BCUT2D eigenvalue weighted by molar-refractivity contribution is 0.733. The van der Waals surface area contributed by atoms with Gasteiger partial charge in [0.15, 0.2) is 0 Å². The first-order chi connectivity index (χ1) is 22.0. The largest absolute Gasteiger partial charge is 0.372 e. The molecule has 1 aliphatic carbocycles. The maximum absolute atomic E-state index is 5.12. The summed E-state index contributed by atoms with van der Waals surface area (Å²) < 4.78 is 0. The number of rotatable bonds is 12. The summed E-state index contributed by atoms with van der Waals surface area (Å²) in [6, 6.07) is 36.0. The van der Waals surface area contributed by atoms with Crippen molar-refractivity contribution in [3.8, 4) is 0 Å². The number of fused-ring (bicyclic) bond motifs is 1. The van der Waals surface area contributed by atoms with E-state index in [4.69, 9.17) is 4.99 Å². The van der Waals surface area contributed by atoms with E-state index in [9.17, 15) is 0 Å². The predicted molar refractivity (Wildman–Crippen MR) is 197 cm³/mol. The lowest BCUT2D eigenvalue weighted by Crippen LogP contribution is -2.21. The van der Waals surface area contributed by atoms with Crippen LogP contribution in [0.2, 0.25) is 0 Å². The third-order valence-electron chi connectivity index (χ3n) is 9.33. The molecule has 3 nitrogen and oxygen atoms in total. The first kappa shape index (κ1) is 32.0. The molecule has 0 spiro atoms. The Morgan fingerprint density at radius 2 is 1.11 bits per heavy atom. The van der Waals surface area contributed by atoms with Gasteiger partial charge in [-0.1, -0.05) is 92.7 Å². The van der Waals surface area contributed by atoms with Crippen LogP contribution in [0.15, 0.2) is 114 Å². The molecule has 0 N–H and O–H groups in total. The number of hydrogen-bond acceptors (Lipinski definition) is 3. The van der Waals surface area contributed by atoms with E-state index in [-0.39, 0.29) is 0 Å². The predicted octanol–water partition coefficient (Wildman–Crippen LogP) is 10.4. The molecule has 0 saturated carbocycles. The highest BCUT2D eigenvalue weighted by Gasteiger charge is 2.20. The monoisotopic (exact) mass is 595 g/mol. The minimum Gasteiger partial charge on any atom is -0.372 e. The van der Waals surface area contributed by atoms with Gasteiger partial charge in [-0.15, -0.1) is 0 Å². The van der Waals surface area contributed by atoms with Gasteiger partial charge >= 0.3 is 0 Å². The van der Waals surface area contributed by atoms with Crippen molar-refractivity contribution in [3.63, 3.8) is 0 Å².